The van der Waals surface area contributed by atoms with Crippen LogP contribution in [0.2, 0.25) is 0 Å². The molecule has 0 aromatic heterocycles. The van der Waals surface area contributed by atoms with Crippen molar-refractivity contribution in [3.05, 3.63) is 10.4 Å². The van der Waals surface area contributed by atoms with Crippen molar-refractivity contribution in [2.24, 2.45) is 5.11 Å². The van der Waals surface area contributed by atoms with E-state index in [1.807, 2.05) is 0 Å². The van der Waals surface area contributed by atoms with Gasteiger partial charge >= 0.3 is 11.9 Å². The molecule has 7 nitrogen and oxygen atoms in total. The Kier molecular flexibility index (Phi) is 5.19. The monoisotopic (exact) mass is 215 g/mol. The van der Waals surface area contributed by atoms with Crippen molar-refractivity contribution in [3.8, 4) is 0 Å². The van der Waals surface area contributed by atoms with E-state index in [-0.39, 0.29) is 13.2 Å². The van der Waals surface area contributed by atoms with Gasteiger partial charge in [0.15, 0.2) is 0 Å². The molecule has 0 rings (SSSR count). The minimum atomic E-state index is -1.06. The summed E-state index contributed by atoms with van der Waals surface area (Å²) in [5.74, 6) is -0.977. The topological polar surface area (TPSA) is 101 Å². The predicted molar refractivity (Wildman–Crippen MR) is 50.8 cm³/mol. The maximum absolute atomic E-state index is 10.6. The van der Waals surface area contributed by atoms with Crippen LogP contribution in [0.5, 0.6) is 0 Å². The molecule has 0 aromatic rings. The summed E-state index contributed by atoms with van der Waals surface area (Å²) < 4.78 is 9.39. The van der Waals surface area contributed by atoms with Crippen molar-refractivity contribution in [2.45, 2.75) is 26.3 Å². The molecule has 0 saturated carbocycles. The number of azide groups is 1. The van der Waals surface area contributed by atoms with Gasteiger partial charge in [-0.05, 0) is 12.5 Å². The molecule has 15 heavy (non-hydrogen) atoms. The number of rotatable bonds is 5. The first-order chi connectivity index (χ1) is 6.89. The molecular weight excluding hydrogens is 202 g/mol. The number of hydrogen-bond donors (Lipinski definition) is 0. The highest BCUT2D eigenvalue weighted by molar-refractivity contribution is 5.66. The van der Waals surface area contributed by atoms with Gasteiger partial charge in [-0.25, -0.2) is 0 Å². The van der Waals surface area contributed by atoms with Gasteiger partial charge in [-0.3, -0.25) is 9.59 Å². The predicted octanol–water partition coefficient (Wildman–Crippen LogP) is 1.18. The van der Waals surface area contributed by atoms with E-state index in [4.69, 9.17) is 15.0 Å². The Balaban J connectivity index is 4.37. The Bertz CT molecular complexity index is 278. The van der Waals surface area contributed by atoms with Crippen molar-refractivity contribution >= 4 is 11.9 Å². The molecular formula is C8H13N3O4. The normalized spacial score (nSPS) is 10.1. The maximum Gasteiger partial charge on any atom is 0.302 e. The van der Waals surface area contributed by atoms with Crippen LogP contribution in [-0.4, -0.2) is 30.7 Å². The van der Waals surface area contributed by atoms with Crippen molar-refractivity contribution in [1.29, 1.82) is 0 Å². The van der Waals surface area contributed by atoms with Gasteiger partial charge in [0, 0.05) is 18.8 Å². The van der Waals surface area contributed by atoms with Crippen LogP contribution in [0.15, 0.2) is 5.11 Å². The van der Waals surface area contributed by atoms with E-state index in [9.17, 15) is 9.59 Å². The first-order valence-electron chi connectivity index (χ1n) is 4.22. The molecule has 0 aromatic carbocycles. The summed E-state index contributed by atoms with van der Waals surface area (Å²) in [6.45, 7) is 3.75. The van der Waals surface area contributed by atoms with Gasteiger partial charge < -0.3 is 9.47 Å². The molecule has 0 radical (unpaired) electrons. The summed E-state index contributed by atoms with van der Waals surface area (Å²) in [4.78, 5) is 23.7. The number of hydrogen-bond acceptors (Lipinski definition) is 5. The van der Waals surface area contributed by atoms with Crippen LogP contribution in [-0.2, 0) is 19.1 Å². The summed E-state index contributed by atoms with van der Waals surface area (Å²) in [5, 5.41) is 3.43. The van der Waals surface area contributed by atoms with Crippen LogP contribution in [0.4, 0.5) is 0 Å². The van der Waals surface area contributed by atoms with E-state index in [0.29, 0.717) is 0 Å². The third-order valence-corrected chi connectivity index (χ3v) is 1.46. The molecule has 0 unspecified atom stereocenters. The molecule has 0 aliphatic heterocycles. The average Bonchev–Trinajstić information content (AvgIpc) is 2.13. The second kappa shape index (κ2) is 5.87. The van der Waals surface area contributed by atoms with Crippen LogP contribution in [0, 0.1) is 0 Å². The van der Waals surface area contributed by atoms with Gasteiger partial charge in [-0.15, -0.1) is 0 Å². The molecule has 0 atom stereocenters. The Morgan fingerprint density at radius 3 is 1.93 bits per heavy atom. The molecule has 0 spiro atoms. The van der Waals surface area contributed by atoms with E-state index in [2.05, 4.69) is 10.0 Å². The number of nitrogens with zero attached hydrogens (tertiary/aromatic N) is 3. The van der Waals surface area contributed by atoms with Gasteiger partial charge in [0.1, 0.15) is 18.8 Å². The van der Waals surface area contributed by atoms with E-state index in [1.165, 1.54) is 20.8 Å². The largest absolute Gasteiger partial charge is 0.465 e. The summed E-state index contributed by atoms with van der Waals surface area (Å²) in [6.07, 6.45) is 0. The van der Waals surface area contributed by atoms with Crippen molar-refractivity contribution in [3.63, 3.8) is 0 Å². The molecule has 0 heterocycles. The van der Waals surface area contributed by atoms with E-state index < -0.39 is 17.5 Å². The zero-order chi connectivity index (χ0) is 11.9. The molecule has 7 heteroatoms. The van der Waals surface area contributed by atoms with Crippen LogP contribution in [0.25, 0.3) is 10.4 Å². The summed E-state index contributed by atoms with van der Waals surface area (Å²) in [7, 11) is 0. The molecule has 0 aliphatic carbocycles. The highest BCUT2D eigenvalue weighted by Gasteiger charge is 2.26. The maximum atomic E-state index is 10.6. The molecule has 0 aliphatic rings. The average molecular weight is 215 g/mol. The minimum Gasteiger partial charge on any atom is -0.465 e. The first-order valence-corrected chi connectivity index (χ1v) is 4.22. The van der Waals surface area contributed by atoms with Crippen LogP contribution in [0.1, 0.15) is 20.8 Å². The lowest BCUT2D eigenvalue weighted by molar-refractivity contribution is -0.146. The molecule has 0 N–H and O–H groups in total. The lowest BCUT2D eigenvalue weighted by Gasteiger charge is -2.22. The number of carbonyl (C=O) groups excluding carboxylic acids is 2. The van der Waals surface area contributed by atoms with E-state index >= 15 is 0 Å². The molecule has 0 bridgehead atoms. The second-order valence-corrected chi connectivity index (χ2v) is 3.25. The quantitative estimate of drug-likeness (QED) is 0.297. The lowest BCUT2D eigenvalue weighted by atomic mass is 10.1. The summed E-state index contributed by atoms with van der Waals surface area (Å²) in [6, 6.07) is 0. The zero-order valence-electron chi connectivity index (χ0n) is 8.89. The summed E-state index contributed by atoms with van der Waals surface area (Å²) in [5.41, 5.74) is 7.25. The number of esters is 2. The summed E-state index contributed by atoms with van der Waals surface area (Å²) >= 11 is 0. The van der Waals surface area contributed by atoms with E-state index in [0.717, 1.165) is 0 Å². The first kappa shape index (κ1) is 13.2. The lowest BCUT2D eigenvalue weighted by Crippen LogP contribution is -2.35. The molecule has 84 valence electrons. The van der Waals surface area contributed by atoms with Crippen molar-refractivity contribution in [1.82, 2.24) is 0 Å². The van der Waals surface area contributed by atoms with Crippen LogP contribution >= 0.6 is 0 Å². The third kappa shape index (κ3) is 6.34. The van der Waals surface area contributed by atoms with E-state index in [1.54, 1.807) is 0 Å². The smallest absolute Gasteiger partial charge is 0.302 e. The highest BCUT2D eigenvalue weighted by Crippen LogP contribution is 2.12. The Morgan fingerprint density at radius 1 is 1.27 bits per heavy atom. The fourth-order valence-corrected chi connectivity index (χ4v) is 0.722. The number of carbonyl (C=O) groups is 2. The Labute approximate surface area is 87.0 Å². The number of ether oxygens (including phenoxy) is 2. The van der Waals surface area contributed by atoms with Gasteiger partial charge in [-0.2, -0.15) is 0 Å². The minimum absolute atomic E-state index is 0.125. The Morgan fingerprint density at radius 2 is 1.67 bits per heavy atom. The third-order valence-electron chi connectivity index (χ3n) is 1.46. The fraction of sp³-hybridized carbons (Fsp3) is 0.750. The molecule has 0 saturated heterocycles. The SMILES string of the molecule is CC(=O)OCC(C)(COC(C)=O)N=[N+]=[N-]. The van der Waals surface area contributed by atoms with Crippen molar-refractivity contribution in [2.75, 3.05) is 13.2 Å². The van der Waals surface area contributed by atoms with Gasteiger partial charge in [0.2, 0.25) is 0 Å². The standard InChI is InChI=1S/C8H13N3O4/c1-6(12)14-4-8(3,10-11-9)5-15-7(2)13/h4-5H2,1-3H3. The van der Waals surface area contributed by atoms with Crippen LogP contribution < -0.4 is 0 Å². The zero-order valence-corrected chi connectivity index (χ0v) is 8.89. The second-order valence-electron chi connectivity index (χ2n) is 3.25. The fourth-order valence-electron chi connectivity index (χ4n) is 0.722. The Hall–Kier alpha value is -1.75. The van der Waals surface area contributed by atoms with Gasteiger partial charge in [0.25, 0.3) is 0 Å². The van der Waals surface area contributed by atoms with Crippen molar-refractivity contribution < 1.29 is 19.1 Å². The molecule has 0 fully saturated rings. The van der Waals surface area contributed by atoms with Gasteiger partial charge in [0.05, 0.1) is 0 Å². The molecule has 0 amide bonds. The highest BCUT2D eigenvalue weighted by atomic mass is 16.5. The van der Waals surface area contributed by atoms with Gasteiger partial charge in [-0.1, -0.05) is 5.11 Å². The van der Waals surface area contributed by atoms with Crippen LogP contribution in [0.3, 0.4) is 0 Å².